The highest BCUT2D eigenvalue weighted by Gasteiger charge is 2.67. The largest absolute Gasteiger partial charge is 0.497 e. The van der Waals surface area contributed by atoms with Crippen LogP contribution in [0.3, 0.4) is 0 Å². The van der Waals surface area contributed by atoms with Crippen molar-refractivity contribution in [2.75, 3.05) is 20.3 Å². The van der Waals surface area contributed by atoms with Crippen molar-refractivity contribution < 1.29 is 19.0 Å². The first-order chi connectivity index (χ1) is 12.8. The highest BCUT2D eigenvalue weighted by atomic mass is 19.1. The average molecular weight is 371 g/mol. The molecule has 1 fully saturated rings. The number of aliphatic hydroxyl groups excluding tert-OH is 1. The van der Waals surface area contributed by atoms with E-state index >= 15 is 0 Å². The Labute approximate surface area is 159 Å². The van der Waals surface area contributed by atoms with E-state index in [1.165, 1.54) is 12.1 Å². The summed E-state index contributed by atoms with van der Waals surface area (Å²) in [6.07, 6.45) is 0.747. The molecule has 144 valence electrons. The van der Waals surface area contributed by atoms with Crippen molar-refractivity contribution in [3.63, 3.8) is 0 Å². The van der Waals surface area contributed by atoms with Crippen LogP contribution in [0.15, 0.2) is 48.5 Å². The Kier molecular flexibility index (Phi) is 5.24. The molecule has 1 atom stereocenters. The maximum atomic E-state index is 13.6. The zero-order valence-corrected chi connectivity index (χ0v) is 16.0. The maximum absolute atomic E-state index is 13.6. The molecule has 27 heavy (non-hydrogen) atoms. The molecule has 0 bridgehead atoms. The molecule has 0 aromatic heterocycles. The van der Waals surface area contributed by atoms with Gasteiger partial charge in [0.15, 0.2) is 0 Å². The molecule has 1 amide bonds. The lowest BCUT2D eigenvalue weighted by molar-refractivity contribution is -0.136. The molecule has 3 rings (SSSR count). The Morgan fingerprint density at radius 2 is 1.74 bits per heavy atom. The van der Waals surface area contributed by atoms with Crippen molar-refractivity contribution in [2.45, 2.75) is 32.2 Å². The normalized spacial score (nSPS) is 20.2. The molecular weight excluding hydrogens is 345 g/mol. The molecule has 1 saturated carbocycles. The number of amides is 1. The Morgan fingerprint density at radius 1 is 1.15 bits per heavy atom. The third-order valence-electron chi connectivity index (χ3n) is 5.63. The first-order valence-electron chi connectivity index (χ1n) is 9.13. The molecule has 2 aromatic rings. The zero-order chi connectivity index (χ0) is 19.7. The van der Waals surface area contributed by atoms with Gasteiger partial charge in [-0.3, -0.25) is 4.79 Å². The van der Waals surface area contributed by atoms with E-state index in [0.29, 0.717) is 6.54 Å². The number of hydrogen-bond donors (Lipinski definition) is 1. The number of benzene rings is 2. The smallest absolute Gasteiger partial charge is 0.234 e. The van der Waals surface area contributed by atoms with Crippen LogP contribution in [-0.2, 0) is 16.8 Å². The number of carbonyl (C=O) groups is 1. The van der Waals surface area contributed by atoms with Crippen LogP contribution in [0.2, 0.25) is 0 Å². The predicted octanol–water partition coefficient (Wildman–Crippen LogP) is 3.52. The molecule has 1 aliphatic rings. The number of rotatable bonds is 7. The van der Waals surface area contributed by atoms with Crippen molar-refractivity contribution >= 4 is 5.91 Å². The second kappa shape index (κ2) is 7.31. The molecule has 0 saturated heterocycles. The Morgan fingerprint density at radius 3 is 2.22 bits per heavy atom. The summed E-state index contributed by atoms with van der Waals surface area (Å²) >= 11 is 0. The van der Waals surface area contributed by atoms with Crippen LogP contribution in [0.4, 0.5) is 4.39 Å². The SMILES string of the molecule is COc1ccc(C2(C(=O)N(CCO)Cc3ccc(F)cc3)CC2(C)C)cc1. The van der Waals surface area contributed by atoms with Gasteiger partial charge in [-0.15, -0.1) is 0 Å². The first kappa shape index (κ1) is 19.4. The lowest BCUT2D eigenvalue weighted by atomic mass is 9.86. The van der Waals surface area contributed by atoms with Crippen LogP contribution in [0.5, 0.6) is 5.75 Å². The van der Waals surface area contributed by atoms with Crippen LogP contribution >= 0.6 is 0 Å². The van der Waals surface area contributed by atoms with Crippen molar-refractivity contribution in [2.24, 2.45) is 5.41 Å². The van der Waals surface area contributed by atoms with Gasteiger partial charge in [0, 0.05) is 13.1 Å². The van der Waals surface area contributed by atoms with E-state index in [2.05, 4.69) is 13.8 Å². The summed E-state index contributed by atoms with van der Waals surface area (Å²) in [6, 6.07) is 13.7. The molecule has 0 spiro atoms. The van der Waals surface area contributed by atoms with E-state index in [9.17, 15) is 14.3 Å². The maximum Gasteiger partial charge on any atom is 0.234 e. The fraction of sp³-hybridized carbons (Fsp3) is 0.409. The number of carbonyl (C=O) groups excluding carboxylic acids is 1. The number of nitrogens with zero attached hydrogens (tertiary/aromatic N) is 1. The minimum absolute atomic E-state index is 0.00366. The lowest BCUT2D eigenvalue weighted by Crippen LogP contribution is -2.42. The monoisotopic (exact) mass is 371 g/mol. The predicted molar refractivity (Wildman–Crippen MR) is 102 cm³/mol. The van der Waals surface area contributed by atoms with Gasteiger partial charge in [-0.2, -0.15) is 0 Å². The summed E-state index contributed by atoms with van der Waals surface area (Å²) in [5, 5.41) is 9.49. The highest BCUT2D eigenvalue weighted by molar-refractivity contribution is 5.93. The second-order valence-corrected chi connectivity index (χ2v) is 7.77. The molecule has 5 heteroatoms. The topological polar surface area (TPSA) is 49.8 Å². The Hall–Kier alpha value is -2.40. The summed E-state index contributed by atoms with van der Waals surface area (Å²) in [7, 11) is 1.61. The molecule has 4 nitrogen and oxygen atoms in total. The Balaban J connectivity index is 1.90. The van der Waals surface area contributed by atoms with Crippen LogP contribution in [0.25, 0.3) is 0 Å². The summed E-state index contributed by atoms with van der Waals surface area (Å²) in [4.78, 5) is 15.2. The lowest BCUT2D eigenvalue weighted by Gasteiger charge is -2.30. The molecule has 2 aromatic carbocycles. The van der Waals surface area contributed by atoms with Gasteiger partial charge in [-0.25, -0.2) is 4.39 Å². The summed E-state index contributed by atoms with van der Waals surface area (Å²) in [5.41, 5.74) is 1.01. The van der Waals surface area contributed by atoms with Crippen molar-refractivity contribution in [3.8, 4) is 5.75 Å². The third kappa shape index (κ3) is 3.56. The molecule has 1 N–H and O–H groups in total. The van der Waals surface area contributed by atoms with Gasteiger partial charge in [-0.05, 0) is 47.2 Å². The highest BCUT2D eigenvalue weighted by Crippen LogP contribution is 2.65. The molecule has 0 heterocycles. The fourth-order valence-electron chi connectivity index (χ4n) is 3.93. The molecule has 0 radical (unpaired) electrons. The van der Waals surface area contributed by atoms with Gasteiger partial charge in [0.25, 0.3) is 0 Å². The standard InChI is InChI=1S/C22H26FNO3/c1-21(2)15-22(21,17-6-10-19(27-3)11-7-17)20(26)24(12-13-25)14-16-4-8-18(23)9-5-16/h4-11,25H,12-15H2,1-3H3. The third-order valence-corrected chi connectivity index (χ3v) is 5.63. The van der Waals surface area contributed by atoms with Crippen molar-refractivity contribution in [1.29, 1.82) is 0 Å². The Bertz CT molecular complexity index is 801. The number of hydrogen-bond acceptors (Lipinski definition) is 3. The molecular formula is C22H26FNO3. The van der Waals surface area contributed by atoms with E-state index in [4.69, 9.17) is 4.74 Å². The van der Waals surface area contributed by atoms with Crippen LogP contribution in [0, 0.1) is 11.2 Å². The van der Waals surface area contributed by atoms with Crippen molar-refractivity contribution in [1.82, 2.24) is 4.90 Å². The van der Waals surface area contributed by atoms with Crippen molar-refractivity contribution in [3.05, 3.63) is 65.5 Å². The number of halogens is 1. The molecule has 0 aliphatic heterocycles. The quantitative estimate of drug-likeness (QED) is 0.810. The van der Waals surface area contributed by atoms with Gasteiger partial charge in [0.1, 0.15) is 11.6 Å². The fourth-order valence-corrected chi connectivity index (χ4v) is 3.93. The van der Waals surface area contributed by atoms with E-state index in [-0.39, 0.29) is 30.3 Å². The van der Waals surface area contributed by atoms with Crippen LogP contribution < -0.4 is 4.74 Å². The number of ether oxygens (including phenoxy) is 1. The van der Waals surface area contributed by atoms with Gasteiger partial charge in [0.05, 0.1) is 19.1 Å². The van der Waals surface area contributed by atoms with Gasteiger partial charge < -0.3 is 14.7 Å². The van der Waals surface area contributed by atoms with Gasteiger partial charge >= 0.3 is 0 Å². The van der Waals surface area contributed by atoms with Gasteiger partial charge in [0.2, 0.25) is 5.91 Å². The van der Waals surface area contributed by atoms with E-state index in [1.807, 2.05) is 24.3 Å². The first-order valence-corrected chi connectivity index (χ1v) is 9.13. The van der Waals surface area contributed by atoms with Gasteiger partial charge in [-0.1, -0.05) is 38.1 Å². The van der Waals surface area contributed by atoms with E-state index in [1.54, 1.807) is 24.1 Å². The molecule has 1 unspecified atom stereocenters. The van der Waals surface area contributed by atoms with E-state index < -0.39 is 5.41 Å². The van der Waals surface area contributed by atoms with Crippen LogP contribution in [0.1, 0.15) is 31.4 Å². The summed E-state index contributed by atoms with van der Waals surface area (Å²) in [5.74, 6) is 0.436. The minimum atomic E-state index is -0.617. The number of aliphatic hydroxyl groups is 1. The second-order valence-electron chi connectivity index (χ2n) is 7.77. The zero-order valence-electron chi connectivity index (χ0n) is 16.0. The molecule has 1 aliphatic carbocycles. The van der Waals surface area contributed by atoms with E-state index in [0.717, 1.165) is 23.3 Å². The number of methoxy groups -OCH3 is 1. The summed E-state index contributed by atoms with van der Waals surface area (Å²) in [6.45, 7) is 4.64. The average Bonchev–Trinajstić information content (AvgIpc) is 3.26. The minimum Gasteiger partial charge on any atom is -0.497 e. The van der Waals surface area contributed by atoms with Crippen LogP contribution in [-0.4, -0.2) is 36.2 Å². The summed E-state index contributed by atoms with van der Waals surface area (Å²) < 4.78 is 18.4.